The Labute approximate surface area is 138 Å². The van der Waals surface area contributed by atoms with Gasteiger partial charge >= 0.3 is 0 Å². The molecule has 1 aliphatic carbocycles. The van der Waals surface area contributed by atoms with Crippen molar-refractivity contribution in [2.45, 2.75) is 43.4 Å². The molecule has 0 radical (unpaired) electrons. The second-order valence-electron chi connectivity index (χ2n) is 6.31. The fraction of sp³-hybridized carbons (Fsp3) is 0.450. The number of benzene rings is 1. The van der Waals surface area contributed by atoms with Crippen molar-refractivity contribution in [2.75, 3.05) is 12.3 Å². The van der Waals surface area contributed by atoms with Gasteiger partial charge in [0, 0.05) is 16.4 Å². The number of allylic oxidation sites excluding steroid dienone is 1. The quantitative estimate of drug-likeness (QED) is 0.582. The number of nitrogens with zero attached hydrogens (tertiary/aromatic N) is 1. The van der Waals surface area contributed by atoms with E-state index in [1.54, 1.807) is 0 Å². The molecule has 2 aliphatic rings. The molecule has 0 unspecified atom stereocenters. The summed E-state index contributed by atoms with van der Waals surface area (Å²) in [5, 5.41) is 0. The number of rotatable bonds is 7. The lowest BCUT2D eigenvalue weighted by molar-refractivity contribution is 0.574. The summed E-state index contributed by atoms with van der Waals surface area (Å²) in [6.45, 7) is 4.83. The van der Waals surface area contributed by atoms with Gasteiger partial charge in [-0.05, 0) is 42.0 Å². The third-order valence-electron chi connectivity index (χ3n) is 4.65. The predicted molar refractivity (Wildman–Crippen MR) is 98.8 cm³/mol. The maximum absolute atomic E-state index is 4.74. The van der Waals surface area contributed by atoms with Gasteiger partial charge in [-0.1, -0.05) is 56.5 Å². The Balaban J connectivity index is 1.45. The Morgan fingerprint density at radius 1 is 1.23 bits per heavy atom. The van der Waals surface area contributed by atoms with Crippen molar-refractivity contribution in [3.05, 3.63) is 48.1 Å². The predicted octanol–water partition coefficient (Wildman–Crippen LogP) is 5.77. The maximum Gasteiger partial charge on any atom is 0.0606 e. The van der Waals surface area contributed by atoms with E-state index >= 15 is 0 Å². The van der Waals surface area contributed by atoms with Crippen LogP contribution in [0.3, 0.4) is 0 Å². The van der Waals surface area contributed by atoms with Crippen molar-refractivity contribution in [1.29, 1.82) is 0 Å². The molecular weight excluding hydrogens is 286 g/mol. The molecule has 0 bridgehead atoms. The van der Waals surface area contributed by atoms with Gasteiger partial charge in [0.25, 0.3) is 0 Å². The van der Waals surface area contributed by atoms with E-state index in [-0.39, 0.29) is 0 Å². The number of thioether (sulfide) groups is 1. The standard InChI is InChI=1S/C20H25NS/c1-2-18-9-5-6-10-20(18)22-12-11-17-14-19(21-15-17)13-16-7-3-4-8-16/h2,5-6,9-10,14,16H,1,3-4,7-8,11-13,15H2. The third kappa shape index (κ3) is 4.13. The fourth-order valence-corrected chi connectivity index (χ4v) is 4.46. The smallest absolute Gasteiger partial charge is 0.0606 e. The summed E-state index contributed by atoms with van der Waals surface area (Å²) < 4.78 is 0. The molecule has 0 spiro atoms. The molecule has 1 nitrogen and oxygen atoms in total. The molecule has 3 rings (SSSR count). The van der Waals surface area contributed by atoms with Gasteiger partial charge in [0.05, 0.1) is 6.54 Å². The lowest BCUT2D eigenvalue weighted by atomic mass is 10.00. The van der Waals surface area contributed by atoms with E-state index in [2.05, 4.69) is 36.9 Å². The maximum atomic E-state index is 4.74. The summed E-state index contributed by atoms with van der Waals surface area (Å²) in [6, 6.07) is 8.50. The molecule has 2 heteroatoms. The molecule has 116 valence electrons. The fourth-order valence-electron chi connectivity index (χ4n) is 3.39. The van der Waals surface area contributed by atoms with Crippen LogP contribution in [0.2, 0.25) is 0 Å². The average Bonchev–Trinajstić information content (AvgIpc) is 3.20. The van der Waals surface area contributed by atoms with Crippen molar-refractivity contribution in [2.24, 2.45) is 10.9 Å². The monoisotopic (exact) mass is 311 g/mol. The second-order valence-corrected chi connectivity index (χ2v) is 7.44. The molecule has 0 N–H and O–H groups in total. The van der Waals surface area contributed by atoms with Crippen LogP contribution in [-0.4, -0.2) is 18.0 Å². The first-order valence-corrected chi connectivity index (χ1v) is 9.41. The van der Waals surface area contributed by atoms with E-state index in [9.17, 15) is 0 Å². The van der Waals surface area contributed by atoms with E-state index in [0.717, 1.165) is 24.6 Å². The zero-order valence-corrected chi connectivity index (χ0v) is 14.1. The van der Waals surface area contributed by atoms with Gasteiger partial charge in [-0.15, -0.1) is 11.8 Å². The first-order chi connectivity index (χ1) is 10.8. The van der Waals surface area contributed by atoms with Crippen molar-refractivity contribution in [3.63, 3.8) is 0 Å². The highest BCUT2D eigenvalue weighted by Crippen LogP contribution is 2.30. The van der Waals surface area contributed by atoms with Gasteiger partial charge in [0.15, 0.2) is 0 Å². The van der Waals surface area contributed by atoms with Gasteiger partial charge in [-0.25, -0.2) is 0 Å². The van der Waals surface area contributed by atoms with Crippen LogP contribution in [0.5, 0.6) is 0 Å². The van der Waals surface area contributed by atoms with Gasteiger partial charge < -0.3 is 0 Å². The number of hydrogen-bond donors (Lipinski definition) is 0. The van der Waals surface area contributed by atoms with Crippen molar-refractivity contribution >= 4 is 23.5 Å². The van der Waals surface area contributed by atoms with Gasteiger partial charge in [-0.3, -0.25) is 4.99 Å². The van der Waals surface area contributed by atoms with Crippen LogP contribution in [0, 0.1) is 5.92 Å². The van der Waals surface area contributed by atoms with Crippen molar-refractivity contribution in [3.8, 4) is 0 Å². The SMILES string of the molecule is C=Cc1ccccc1SCCC1=CC(CC2CCCC2)=NC1. The topological polar surface area (TPSA) is 12.4 Å². The second kappa shape index (κ2) is 7.82. The van der Waals surface area contributed by atoms with E-state index in [1.807, 2.05) is 17.8 Å². The van der Waals surface area contributed by atoms with Crippen LogP contribution >= 0.6 is 11.8 Å². The summed E-state index contributed by atoms with van der Waals surface area (Å²) in [5.41, 5.74) is 4.11. The third-order valence-corrected chi connectivity index (χ3v) is 5.74. The zero-order chi connectivity index (χ0) is 15.2. The molecule has 0 amide bonds. The highest BCUT2D eigenvalue weighted by molar-refractivity contribution is 7.99. The van der Waals surface area contributed by atoms with Crippen LogP contribution in [0.4, 0.5) is 0 Å². The highest BCUT2D eigenvalue weighted by Gasteiger charge is 2.18. The summed E-state index contributed by atoms with van der Waals surface area (Å²) in [7, 11) is 0. The molecule has 1 aromatic rings. The summed E-state index contributed by atoms with van der Waals surface area (Å²) >= 11 is 1.93. The highest BCUT2D eigenvalue weighted by atomic mass is 32.2. The largest absolute Gasteiger partial charge is 0.285 e. The van der Waals surface area contributed by atoms with Crippen molar-refractivity contribution < 1.29 is 0 Å². The van der Waals surface area contributed by atoms with Gasteiger partial charge in [0.2, 0.25) is 0 Å². The Kier molecular flexibility index (Phi) is 5.55. The Hall–Kier alpha value is -1.28. The van der Waals surface area contributed by atoms with E-state index in [1.165, 1.54) is 53.8 Å². The average molecular weight is 311 g/mol. The minimum absolute atomic E-state index is 0.906. The molecule has 0 saturated heterocycles. The normalized spacial score (nSPS) is 18.4. The Bertz CT molecular complexity index is 579. The van der Waals surface area contributed by atoms with E-state index in [4.69, 9.17) is 4.99 Å². The zero-order valence-electron chi connectivity index (χ0n) is 13.3. The minimum Gasteiger partial charge on any atom is -0.285 e. The van der Waals surface area contributed by atoms with Crippen LogP contribution < -0.4 is 0 Å². The molecule has 0 aromatic heterocycles. The lowest BCUT2D eigenvalue weighted by Crippen LogP contribution is -2.01. The van der Waals surface area contributed by atoms with Gasteiger partial charge in [-0.2, -0.15) is 0 Å². The van der Waals surface area contributed by atoms with Crippen molar-refractivity contribution in [1.82, 2.24) is 0 Å². The lowest BCUT2D eigenvalue weighted by Gasteiger charge is -2.06. The molecule has 1 aromatic carbocycles. The molecule has 1 heterocycles. The van der Waals surface area contributed by atoms with Crippen LogP contribution in [0.25, 0.3) is 6.08 Å². The Morgan fingerprint density at radius 2 is 2.05 bits per heavy atom. The number of aliphatic imine (C=N–C) groups is 1. The molecule has 22 heavy (non-hydrogen) atoms. The first-order valence-electron chi connectivity index (χ1n) is 8.42. The summed E-state index contributed by atoms with van der Waals surface area (Å²) in [5.74, 6) is 2.03. The molecule has 1 fully saturated rings. The van der Waals surface area contributed by atoms with Crippen LogP contribution in [0.15, 0.2) is 52.4 Å². The molecule has 1 saturated carbocycles. The first kappa shape index (κ1) is 15.6. The van der Waals surface area contributed by atoms with Crippen LogP contribution in [0.1, 0.15) is 44.1 Å². The van der Waals surface area contributed by atoms with E-state index in [0.29, 0.717) is 0 Å². The summed E-state index contributed by atoms with van der Waals surface area (Å²) in [4.78, 5) is 6.07. The van der Waals surface area contributed by atoms with Gasteiger partial charge in [0.1, 0.15) is 0 Å². The molecule has 0 atom stereocenters. The summed E-state index contributed by atoms with van der Waals surface area (Å²) in [6.07, 6.45) is 12.4. The van der Waals surface area contributed by atoms with E-state index < -0.39 is 0 Å². The minimum atomic E-state index is 0.906. The number of hydrogen-bond acceptors (Lipinski definition) is 2. The van der Waals surface area contributed by atoms with Crippen LogP contribution in [-0.2, 0) is 0 Å². The Morgan fingerprint density at radius 3 is 2.86 bits per heavy atom. The molecular formula is C20H25NS. The molecule has 1 aliphatic heterocycles.